The quantitative estimate of drug-likeness (QED) is 0.411. The molecule has 0 rings (SSSR count). The zero-order valence-electron chi connectivity index (χ0n) is 10.6. The van der Waals surface area contributed by atoms with Crippen molar-refractivity contribution in [3.8, 4) is 0 Å². The molecule has 0 spiro atoms. The molecule has 0 bridgehead atoms. The SMILES string of the molecule is C/C=C(\C=C(/C(C)C)C(Cl)NC)CCC. The molecule has 0 aliphatic heterocycles. The molecule has 0 aliphatic carbocycles. The molecule has 0 amide bonds. The molecular formula is C13H24ClN. The van der Waals surface area contributed by atoms with Crippen LogP contribution in [0.5, 0.6) is 0 Å². The normalized spacial score (nSPS) is 15.9. The number of halogens is 1. The van der Waals surface area contributed by atoms with E-state index in [2.05, 4.69) is 45.2 Å². The van der Waals surface area contributed by atoms with Gasteiger partial charge in [-0.3, -0.25) is 0 Å². The van der Waals surface area contributed by atoms with Crippen LogP contribution < -0.4 is 5.32 Å². The van der Waals surface area contributed by atoms with Crippen LogP contribution in [-0.2, 0) is 0 Å². The van der Waals surface area contributed by atoms with Gasteiger partial charge in [0.05, 0.1) is 0 Å². The van der Waals surface area contributed by atoms with Gasteiger partial charge in [0.1, 0.15) is 5.50 Å². The molecule has 0 aliphatic rings. The van der Waals surface area contributed by atoms with Crippen LogP contribution in [0.2, 0.25) is 0 Å². The highest BCUT2D eigenvalue weighted by molar-refractivity contribution is 6.22. The molecule has 0 saturated heterocycles. The van der Waals surface area contributed by atoms with Gasteiger partial charge in [0.25, 0.3) is 0 Å². The van der Waals surface area contributed by atoms with E-state index in [0.717, 1.165) is 6.42 Å². The molecule has 0 fully saturated rings. The van der Waals surface area contributed by atoms with Gasteiger partial charge in [-0.05, 0) is 31.9 Å². The first-order chi connectivity index (χ1) is 7.06. The number of allylic oxidation sites excluding steroid dienone is 3. The van der Waals surface area contributed by atoms with Crippen LogP contribution in [0.25, 0.3) is 0 Å². The van der Waals surface area contributed by atoms with E-state index in [1.54, 1.807) is 0 Å². The molecule has 0 heterocycles. The highest BCUT2D eigenvalue weighted by Gasteiger charge is 2.12. The summed E-state index contributed by atoms with van der Waals surface area (Å²) in [6.45, 7) is 8.64. The van der Waals surface area contributed by atoms with Crippen molar-refractivity contribution in [2.45, 2.75) is 46.0 Å². The Balaban J connectivity index is 4.80. The zero-order valence-corrected chi connectivity index (χ0v) is 11.4. The Kier molecular flexibility index (Phi) is 7.81. The van der Waals surface area contributed by atoms with Crippen molar-refractivity contribution in [3.05, 3.63) is 23.3 Å². The summed E-state index contributed by atoms with van der Waals surface area (Å²) in [5, 5.41) is 3.09. The van der Waals surface area contributed by atoms with Crippen LogP contribution in [-0.4, -0.2) is 12.5 Å². The van der Waals surface area contributed by atoms with E-state index < -0.39 is 0 Å². The predicted molar refractivity (Wildman–Crippen MR) is 70.3 cm³/mol. The maximum atomic E-state index is 6.22. The van der Waals surface area contributed by atoms with E-state index in [0.29, 0.717) is 5.92 Å². The Hall–Kier alpha value is -0.270. The van der Waals surface area contributed by atoms with Gasteiger partial charge in [-0.15, -0.1) is 11.6 Å². The summed E-state index contributed by atoms with van der Waals surface area (Å²) in [4.78, 5) is 0. The maximum absolute atomic E-state index is 6.22. The minimum Gasteiger partial charge on any atom is -0.301 e. The van der Waals surface area contributed by atoms with E-state index in [-0.39, 0.29) is 5.50 Å². The topological polar surface area (TPSA) is 12.0 Å². The van der Waals surface area contributed by atoms with Gasteiger partial charge < -0.3 is 5.32 Å². The lowest BCUT2D eigenvalue weighted by Gasteiger charge is -2.17. The first kappa shape index (κ1) is 14.7. The molecule has 15 heavy (non-hydrogen) atoms. The van der Waals surface area contributed by atoms with Crippen molar-refractivity contribution in [2.75, 3.05) is 7.05 Å². The van der Waals surface area contributed by atoms with Crippen LogP contribution in [0.15, 0.2) is 23.3 Å². The molecule has 0 saturated carbocycles. The summed E-state index contributed by atoms with van der Waals surface area (Å²) in [7, 11) is 1.89. The highest BCUT2D eigenvalue weighted by Crippen LogP contribution is 2.20. The second-order valence-corrected chi connectivity index (χ2v) is 4.50. The highest BCUT2D eigenvalue weighted by atomic mass is 35.5. The Bertz CT molecular complexity index is 229. The standard InChI is InChI=1S/C13H24ClN/c1-6-8-11(7-2)9-12(10(3)4)13(14)15-5/h7,9-10,13,15H,6,8H2,1-5H3/b11-7-,12-9+. The fourth-order valence-corrected chi connectivity index (χ4v) is 1.82. The van der Waals surface area contributed by atoms with Crippen LogP contribution in [0, 0.1) is 5.92 Å². The lowest BCUT2D eigenvalue weighted by molar-refractivity contribution is 0.672. The Labute approximate surface area is 99.6 Å². The molecule has 1 N–H and O–H groups in total. The van der Waals surface area contributed by atoms with Gasteiger partial charge in [0.15, 0.2) is 0 Å². The summed E-state index contributed by atoms with van der Waals surface area (Å²) < 4.78 is 0. The second kappa shape index (κ2) is 7.95. The molecule has 0 aromatic carbocycles. The number of hydrogen-bond donors (Lipinski definition) is 1. The molecule has 2 heteroatoms. The van der Waals surface area contributed by atoms with Gasteiger partial charge in [0, 0.05) is 0 Å². The fourth-order valence-electron chi connectivity index (χ4n) is 1.50. The minimum atomic E-state index is -0.0585. The molecular weight excluding hydrogens is 206 g/mol. The van der Waals surface area contributed by atoms with Crippen LogP contribution in [0.4, 0.5) is 0 Å². The first-order valence-electron chi connectivity index (χ1n) is 5.74. The molecule has 1 atom stereocenters. The van der Waals surface area contributed by atoms with Crippen molar-refractivity contribution in [1.82, 2.24) is 5.32 Å². The molecule has 88 valence electrons. The molecule has 0 radical (unpaired) electrons. The van der Waals surface area contributed by atoms with Crippen LogP contribution in [0.1, 0.15) is 40.5 Å². The van der Waals surface area contributed by atoms with Gasteiger partial charge >= 0.3 is 0 Å². The first-order valence-corrected chi connectivity index (χ1v) is 6.18. The van der Waals surface area contributed by atoms with Gasteiger partial charge in [-0.25, -0.2) is 0 Å². The summed E-state index contributed by atoms with van der Waals surface area (Å²) >= 11 is 6.22. The van der Waals surface area contributed by atoms with E-state index in [1.165, 1.54) is 17.6 Å². The lowest BCUT2D eigenvalue weighted by Crippen LogP contribution is -2.23. The van der Waals surface area contributed by atoms with Gasteiger partial charge in [-0.2, -0.15) is 0 Å². The van der Waals surface area contributed by atoms with E-state index >= 15 is 0 Å². The van der Waals surface area contributed by atoms with Crippen LogP contribution >= 0.6 is 11.6 Å². The number of alkyl halides is 1. The lowest BCUT2D eigenvalue weighted by atomic mass is 9.98. The fraction of sp³-hybridized carbons (Fsp3) is 0.692. The second-order valence-electron chi connectivity index (χ2n) is 4.06. The van der Waals surface area contributed by atoms with Gasteiger partial charge in [-0.1, -0.05) is 44.9 Å². The number of rotatable bonds is 6. The third-order valence-electron chi connectivity index (χ3n) is 2.47. The van der Waals surface area contributed by atoms with E-state index in [1.807, 2.05) is 7.05 Å². The Morgan fingerprint density at radius 2 is 2.00 bits per heavy atom. The summed E-state index contributed by atoms with van der Waals surface area (Å²) in [5.41, 5.74) is 2.58. The third kappa shape index (κ3) is 5.39. The number of hydrogen-bond acceptors (Lipinski definition) is 1. The summed E-state index contributed by atoms with van der Waals surface area (Å²) in [6.07, 6.45) is 6.71. The number of nitrogens with one attached hydrogen (secondary N) is 1. The Morgan fingerprint density at radius 3 is 2.33 bits per heavy atom. The monoisotopic (exact) mass is 229 g/mol. The largest absolute Gasteiger partial charge is 0.301 e. The summed E-state index contributed by atoms with van der Waals surface area (Å²) in [6, 6.07) is 0. The molecule has 0 aromatic heterocycles. The summed E-state index contributed by atoms with van der Waals surface area (Å²) in [5.74, 6) is 0.478. The molecule has 1 nitrogen and oxygen atoms in total. The van der Waals surface area contributed by atoms with Crippen molar-refractivity contribution in [3.63, 3.8) is 0 Å². The van der Waals surface area contributed by atoms with Crippen molar-refractivity contribution < 1.29 is 0 Å². The van der Waals surface area contributed by atoms with Crippen molar-refractivity contribution in [1.29, 1.82) is 0 Å². The van der Waals surface area contributed by atoms with Crippen LogP contribution in [0.3, 0.4) is 0 Å². The van der Waals surface area contributed by atoms with Gasteiger partial charge in [0.2, 0.25) is 0 Å². The predicted octanol–water partition coefficient (Wildman–Crippen LogP) is 4.10. The van der Waals surface area contributed by atoms with Crippen molar-refractivity contribution >= 4 is 11.6 Å². The maximum Gasteiger partial charge on any atom is 0.104 e. The Morgan fingerprint density at radius 1 is 1.40 bits per heavy atom. The molecule has 1 unspecified atom stereocenters. The third-order valence-corrected chi connectivity index (χ3v) is 2.94. The molecule has 0 aromatic rings. The van der Waals surface area contributed by atoms with Crippen molar-refractivity contribution in [2.24, 2.45) is 5.92 Å². The average molecular weight is 230 g/mol. The smallest absolute Gasteiger partial charge is 0.104 e. The van der Waals surface area contributed by atoms with E-state index in [9.17, 15) is 0 Å². The average Bonchev–Trinajstić information content (AvgIpc) is 2.22. The van der Waals surface area contributed by atoms with E-state index in [4.69, 9.17) is 11.6 Å². The number of likely N-dealkylation sites (N-methyl/N-ethyl adjacent to an activating group) is 1. The zero-order chi connectivity index (χ0) is 11.8. The minimum absolute atomic E-state index is 0.0585.